The molecule has 0 heterocycles. The lowest BCUT2D eigenvalue weighted by molar-refractivity contribution is -0.133. The number of aliphatic carboxylic acids is 1. The molecule has 1 amide bonds. The summed E-state index contributed by atoms with van der Waals surface area (Å²) < 4.78 is 28.5. The first-order valence-electron chi connectivity index (χ1n) is 6.02. The molecule has 0 saturated heterocycles. The van der Waals surface area contributed by atoms with Crippen molar-refractivity contribution in [3.8, 4) is 5.75 Å². The molecule has 8 heteroatoms. The normalized spacial score (nSPS) is 12.0. The second kappa shape index (κ2) is 8.46. The van der Waals surface area contributed by atoms with Gasteiger partial charge in [0.1, 0.15) is 5.75 Å². The van der Waals surface area contributed by atoms with Crippen molar-refractivity contribution < 1.29 is 28.2 Å². The molecule has 1 unspecified atom stereocenters. The zero-order valence-corrected chi connectivity index (χ0v) is 12.0. The number of rotatable bonds is 8. The molecule has 0 spiro atoms. The highest BCUT2D eigenvalue weighted by Crippen LogP contribution is 2.20. The van der Waals surface area contributed by atoms with Gasteiger partial charge in [0.15, 0.2) is 0 Å². The number of carboxylic acid groups (broad SMARTS) is 1. The van der Waals surface area contributed by atoms with E-state index >= 15 is 0 Å². The molecule has 116 valence electrons. The number of ether oxygens (including phenoxy) is 1. The third-order valence-electron chi connectivity index (χ3n) is 2.42. The summed E-state index contributed by atoms with van der Waals surface area (Å²) in [6.07, 6.45) is 0. The smallest absolute Gasteiger partial charge is 0.387 e. The summed E-state index contributed by atoms with van der Waals surface area (Å²) in [6.45, 7) is -1.21. The fourth-order valence-corrected chi connectivity index (χ4v) is 2.10. The molecule has 0 aliphatic carbocycles. The van der Waals surface area contributed by atoms with Crippen molar-refractivity contribution in [1.29, 1.82) is 0 Å². The van der Waals surface area contributed by atoms with Crippen LogP contribution >= 0.6 is 11.8 Å². The van der Waals surface area contributed by atoms with Crippen LogP contribution in [0.1, 0.15) is 18.5 Å². The first kappa shape index (κ1) is 17.2. The number of carbonyl (C=O) groups is 2. The maximum atomic E-state index is 12.1. The van der Waals surface area contributed by atoms with E-state index in [1.807, 2.05) is 0 Å². The van der Waals surface area contributed by atoms with Crippen LogP contribution in [-0.4, -0.2) is 35.1 Å². The number of carboxylic acids is 1. The third kappa shape index (κ3) is 6.94. The van der Waals surface area contributed by atoms with Crippen molar-refractivity contribution in [3.05, 3.63) is 29.8 Å². The number of hydrogen-bond acceptors (Lipinski definition) is 4. The van der Waals surface area contributed by atoms with Crippen molar-refractivity contribution in [1.82, 2.24) is 5.32 Å². The van der Waals surface area contributed by atoms with Crippen LogP contribution < -0.4 is 10.1 Å². The molecule has 21 heavy (non-hydrogen) atoms. The molecule has 1 atom stereocenters. The summed E-state index contributed by atoms with van der Waals surface area (Å²) in [4.78, 5) is 21.9. The van der Waals surface area contributed by atoms with Gasteiger partial charge in [-0.25, -0.2) is 0 Å². The predicted octanol–water partition coefficient (Wildman–Crippen LogP) is 2.28. The number of alkyl halides is 2. The Bertz CT molecular complexity index is 499. The van der Waals surface area contributed by atoms with E-state index in [2.05, 4.69) is 10.1 Å². The first-order valence-corrected chi connectivity index (χ1v) is 7.17. The second-order valence-corrected chi connectivity index (χ2v) is 5.11. The fraction of sp³-hybridized carbons (Fsp3) is 0.385. The van der Waals surface area contributed by atoms with E-state index < -0.39 is 18.6 Å². The summed E-state index contributed by atoms with van der Waals surface area (Å²) in [6, 6.07) is 5.64. The molecule has 1 aromatic carbocycles. The van der Waals surface area contributed by atoms with Gasteiger partial charge in [-0.15, -0.1) is 11.8 Å². The van der Waals surface area contributed by atoms with E-state index in [0.29, 0.717) is 5.56 Å². The molecule has 0 aromatic heterocycles. The topological polar surface area (TPSA) is 75.6 Å². The minimum atomic E-state index is -2.91. The van der Waals surface area contributed by atoms with E-state index in [-0.39, 0.29) is 23.2 Å². The van der Waals surface area contributed by atoms with Crippen molar-refractivity contribution in [3.63, 3.8) is 0 Å². The summed E-state index contributed by atoms with van der Waals surface area (Å²) >= 11 is 0.983. The van der Waals surface area contributed by atoms with Crippen molar-refractivity contribution in [2.45, 2.75) is 19.6 Å². The molecular formula is C13H15F2NO4S. The molecular weight excluding hydrogens is 304 g/mol. The van der Waals surface area contributed by atoms with Crippen LogP contribution in [0.25, 0.3) is 0 Å². The van der Waals surface area contributed by atoms with Crippen molar-refractivity contribution in [2.24, 2.45) is 0 Å². The lowest BCUT2D eigenvalue weighted by atomic mass is 10.1. The summed E-state index contributed by atoms with van der Waals surface area (Å²) in [5, 5.41) is 11.1. The zero-order valence-electron chi connectivity index (χ0n) is 11.2. The zero-order chi connectivity index (χ0) is 15.8. The van der Waals surface area contributed by atoms with Gasteiger partial charge in [0.05, 0.1) is 17.5 Å². The number of benzene rings is 1. The fourth-order valence-electron chi connectivity index (χ4n) is 1.56. The van der Waals surface area contributed by atoms with Crippen LogP contribution in [-0.2, 0) is 9.59 Å². The minimum absolute atomic E-state index is 0.0175. The Kier molecular flexibility index (Phi) is 6.93. The Labute approximate surface area is 124 Å². The third-order valence-corrected chi connectivity index (χ3v) is 3.34. The number of halogens is 2. The Morgan fingerprint density at radius 2 is 2.10 bits per heavy atom. The Balaban J connectivity index is 2.52. The number of thioether (sulfide) groups is 1. The van der Waals surface area contributed by atoms with Gasteiger partial charge in [0.25, 0.3) is 0 Å². The van der Waals surface area contributed by atoms with Crippen LogP contribution in [0.3, 0.4) is 0 Å². The van der Waals surface area contributed by atoms with E-state index in [0.717, 1.165) is 11.8 Å². The molecule has 0 bridgehead atoms. The van der Waals surface area contributed by atoms with Gasteiger partial charge in [-0.05, 0) is 24.6 Å². The van der Waals surface area contributed by atoms with Crippen LogP contribution in [0.4, 0.5) is 8.78 Å². The maximum absolute atomic E-state index is 12.1. The molecule has 0 aliphatic rings. The lowest BCUT2D eigenvalue weighted by Crippen LogP contribution is -2.28. The van der Waals surface area contributed by atoms with E-state index in [9.17, 15) is 18.4 Å². The number of carbonyl (C=O) groups excluding carboxylic acids is 1. The highest BCUT2D eigenvalue weighted by Gasteiger charge is 2.12. The molecule has 2 N–H and O–H groups in total. The van der Waals surface area contributed by atoms with Gasteiger partial charge in [0, 0.05) is 0 Å². The predicted molar refractivity (Wildman–Crippen MR) is 74.6 cm³/mol. The van der Waals surface area contributed by atoms with Gasteiger partial charge < -0.3 is 15.2 Å². The maximum Gasteiger partial charge on any atom is 0.387 e. The first-order chi connectivity index (χ1) is 9.88. The van der Waals surface area contributed by atoms with Crippen LogP contribution in [0.5, 0.6) is 5.75 Å². The minimum Gasteiger partial charge on any atom is -0.481 e. The molecule has 0 fully saturated rings. The Morgan fingerprint density at radius 3 is 2.71 bits per heavy atom. The SMILES string of the molecule is CC(NC(=O)CSCC(=O)O)c1cccc(OC(F)F)c1. The van der Waals surface area contributed by atoms with E-state index in [1.54, 1.807) is 19.1 Å². The van der Waals surface area contributed by atoms with Crippen molar-refractivity contribution in [2.75, 3.05) is 11.5 Å². The number of nitrogens with one attached hydrogen (secondary N) is 1. The average Bonchev–Trinajstić information content (AvgIpc) is 2.37. The monoisotopic (exact) mass is 319 g/mol. The summed E-state index contributed by atoms with van der Waals surface area (Å²) in [7, 11) is 0. The van der Waals surface area contributed by atoms with E-state index in [4.69, 9.17) is 5.11 Å². The lowest BCUT2D eigenvalue weighted by Gasteiger charge is -2.15. The quantitative estimate of drug-likeness (QED) is 0.769. The Hall–Kier alpha value is -1.83. The molecule has 0 radical (unpaired) electrons. The van der Waals surface area contributed by atoms with Gasteiger partial charge in [0.2, 0.25) is 5.91 Å². The van der Waals surface area contributed by atoms with Crippen LogP contribution in [0.2, 0.25) is 0 Å². The highest BCUT2D eigenvalue weighted by molar-refractivity contribution is 8.00. The molecule has 5 nitrogen and oxygen atoms in total. The molecule has 1 rings (SSSR count). The van der Waals surface area contributed by atoms with Crippen LogP contribution in [0, 0.1) is 0 Å². The van der Waals surface area contributed by atoms with Crippen molar-refractivity contribution >= 4 is 23.6 Å². The molecule has 0 saturated carbocycles. The van der Waals surface area contributed by atoms with Gasteiger partial charge in [-0.3, -0.25) is 9.59 Å². The number of hydrogen-bond donors (Lipinski definition) is 2. The summed E-state index contributed by atoms with van der Waals surface area (Å²) in [5.74, 6) is -1.43. The van der Waals surface area contributed by atoms with E-state index in [1.165, 1.54) is 12.1 Å². The van der Waals surface area contributed by atoms with Gasteiger partial charge >= 0.3 is 12.6 Å². The Morgan fingerprint density at radius 1 is 1.38 bits per heavy atom. The largest absolute Gasteiger partial charge is 0.481 e. The highest BCUT2D eigenvalue weighted by atomic mass is 32.2. The average molecular weight is 319 g/mol. The second-order valence-electron chi connectivity index (χ2n) is 4.13. The van der Waals surface area contributed by atoms with Crippen LogP contribution in [0.15, 0.2) is 24.3 Å². The van der Waals surface area contributed by atoms with Gasteiger partial charge in [-0.1, -0.05) is 12.1 Å². The number of amides is 1. The molecule has 1 aromatic rings. The van der Waals surface area contributed by atoms with Gasteiger partial charge in [-0.2, -0.15) is 8.78 Å². The standard InChI is InChI=1S/C13H15F2NO4S/c1-8(16-11(17)6-21-7-12(18)19)9-3-2-4-10(5-9)20-13(14)15/h2-5,8,13H,6-7H2,1H3,(H,16,17)(H,18,19). The summed E-state index contributed by atoms with van der Waals surface area (Å²) in [5.41, 5.74) is 0.615. The molecule has 0 aliphatic heterocycles.